The molecule has 1 aromatic rings. The number of nitrogens with two attached hydrogens (primary N) is 1. The maximum Gasteiger partial charge on any atom is 0.267 e. The fourth-order valence-electron chi connectivity index (χ4n) is 0.848. The summed E-state index contributed by atoms with van der Waals surface area (Å²) < 4.78 is 1.02. The minimum Gasteiger partial charge on any atom is -0.356 e. The number of carbonyl (C=O) groups excluding carboxylic acids is 1. The Morgan fingerprint density at radius 1 is 1.79 bits per heavy atom. The summed E-state index contributed by atoms with van der Waals surface area (Å²) >= 11 is 2.14. The first-order valence-electron chi connectivity index (χ1n) is 3.97. The van der Waals surface area contributed by atoms with Crippen LogP contribution < -0.4 is 11.1 Å². The number of H-pyrrole nitrogens is 1. The minimum atomic E-state index is -0.111. The Morgan fingerprint density at radius 3 is 2.86 bits per heavy atom. The van der Waals surface area contributed by atoms with Crippen molar-refractivity contribution in [2.75, 3.05) is 6.54 Å². The standard InChI is InChI=1S/C8H12IN3O.ClH/c1-5(10)3-12-8(13)7-2-6(9)4-11-7;/h2,4-5,11H,3,10H2,1H3,(H,12,13);1H. The van der Waals surface area contributed by atoms with Crippen molar-refractivity contribution in [3.63, 3.8) is 0 Å². The first-order chi connectivity index (χ1) is 6.09. The largest absolute Gasteiger partial charge is 0.356 e. The summed E-state index contributed by atoms with van der Waals surface area (Å²) in [6, 6.07) is 1.77. The van der Waals surface area contributed by atoms with Gasteiger partial charge in [-0.25, -0.2) is 0 Å². The SMILES string of the molecule is CC(N)CNC(=O)c1cc(I)c[nH]1.Cl. The molecule has 14 heavy (non-hydrogen) atoms. The van der Waals surface area contributed by atoms with Crippen LogP contribution in [0.3, 0.4) is 0 Å². The van der Waals surface area contributed by atoms with Gasteiger partial charge in [0, 0.05) is 22.4 Å². The molecule has 0 aliphatic carbocycles. The molecule has 0 aliphatic rings. The van der Waals surface area contributed by atoms with Crippen molar-refractivity contribution >= 4 is 40.9 Å². The second-order valence-electron chi connectivity index (χ2n) is 2.92. The van der Waals surface area contributed by atoms with Gasteiger partial charge in [-0.3, -0.25) is 4.79 Å². The molecule has 1 heterocycles. The van der Waals surface area contributed by atoms with Gasteiger partial charge >= 0.3 is 0 Å². The summed E-state index contributed by atoms with van der Waals surface area (Å²) in [5, 5.41) is 2.71. The van der Waals surface area contributed by atoms with E-state index in [1.807, 2.05) is 6.92 Å². The monoisotopic (exact) mass is 329 g/mol. The maximum absolute atomic E-state index is 11.4. The smallest absolute Gasteiger partial charge is 0.267 e. The van der Waals surface area contributed by atoms with Crippen LogP contribution in [0.1, 0.15) is 17.4 Å². The number of nitrogens with one attached hydrogen (secondary N) is 2. The van der Waals surface area contributed by atoms with Crippen molar-refractivity contribution in [2.24, 2.45) is 5.73 Å². The summed E-state index contributed by atoms with van der Waals surface area (Å²) in [4.78, 5) is 14.2. The number of carbonyl (C=O) groups is 1. The molecule has 1 unspecified atom stereocenters. The molecule has 0 bridgehead atoms. The molecular formula is C8H13ClIN3O. The lowest BCUT2D eigenvalue weighted by Gasteiger charge is -2.05. The van der Waals surface area contributed by atoms with E-state index < -0.39 is 0 Å². The normalized spacial score (nSPS) is 11.6. The Kier molecular flexibility index (Phi) is 6.14. The van der Waals surface area contributed by atoms with Gasteiger partial charge in [-0.15, -0.1) is 12.4 Å². The molecule has 6 heteroatoms. The van der Waals surface area contributed by atoms with Gasteiger partial charge in [-0.05, 0) is 35.6 Å². The summed E-state index contributed by atoms with van der Waals surface area (Å²) in [6.07, 6.45) is 1.78. The molecule has 0 saturated carbocycles. The Hall–Kier alpha value is -0.270. The summed E-state index contributed by atoms with van der Waals surface area (Å²) in [5.41, 5.74) is 6.07. The van der Waals surface area contributed by atoms with Gasteiger partial charge < -0.3 is 16.0 Å². The second kappa shape index (κ2) is 6.26. The first kappa shape index (κ1) is 13.7. The van der Waals surface area contributed by atoms with Crippen LogP contribution in [0.2, 0.25) is 0 Å². The zero-order valence-electron chi connectivity index (χ0n) is 7.71. The molecule has 0 fully saturated rings. The first-order valence-corrected chi connectivity index (χ1v) is 5.05. The summed E-state index contributed by atoms with van der Waals surface area (Å²) in [7, 11) is 0. The number of hydrogen-bond acceptors (Lipinski definition) is 2. The third kappa shape index (κ3) is 4.30. The molecule has 0 aromatic carbocycles. The van der Waals surface area contributed by atoms with Crippen molar-refractivity contribution in [3.05, 3.63) is 21.5 Å². The lowest BCUT2D eigenvalue weighted by molar-refractivity contribution is 0.0947. The van der Waals surface area contributed by atoms with E-state index >= 15 is 0 Å². The van der Waals surface area contributed by atoms with Crippen LogP contribution in [0.25, 0.3) is 0 Å². The average molecular weight is 330 g/mol. The molecule has 1 aromatic heterocycles. The minimum absolute atomic E-state index is 0. The van der Waals surface area contributed by atoms with Crippen molar-refractivity contribution in [1.82, 2.24) is 10.3 Å². The van der Waals surface area contributed by atoms with Crippen LogP contribution in [0, 0.1) is 3.57 Å². The van der Waals surface area contributed by atoms with Crippen molar-refractivity contribution in [2.45, 2.75) is 13.0 Å². The van der Waals surface area contributed by atoms with Crippen LogP contribution >= 0.6 is 35.0 Å². The van der Waals surface area contributed by atoms with Crippen LogP contribution in [0.5, 0.6) is 0 Å². The highest BCUT2D eigenvalue weighted by Crippen LogP contribution is 2.05. The molecule has 0 aliphatic heterocycles. The Morgan fingerprint density at radius 2 is 2.43 bits per heavy atom. The fraction of sp³-hybridized carbons (Fsp3) is 0.375. The van der Waals surface area contributed by atoms with Crippen molar-refractivity contribution < 1.29 is 4.79 Å². The predicted octanol–water partition coefficient (Wildman–Crippen LogP) is 1.12. The van der Waals surface area contributed by atoms with E-state index in [0.717, 1.165) is 3.57 Å². The Balaban J connectivity index is 0.00000169. The van der Waals surface area contributed by atoms with E-state index in [0.29, 0.717) is 12.2 Å². The van der Waals surface area contributed by atoms with Gasteiger partial charge in [0.1, 0.15) is 5.69 Å². The molecule has 0 saturated heterocycles. The van der Waals surface area contributed by atoms with Gasteiger partial charge in [-0.2, -0.15) is 0 Å². The number of halogens is 2. The molecule has 4 N–H and O–H groups in total. The second-order valence-corrected chi connectivity index (χ2v) is 4.16. The highest BCUT2D eigenvalue weighted by molar-refractivity contribution is 14.1. The highest BCUT2D eigenvalue weighted by atomic mass is 127. The van der Waals surface area contributed by atoms with Crippen molar-refractivity contribution in [3.8, 4) is 0 Å². The predicted molar refractivity (Wildman–Crippen MR) is 66.7 cm³/mol. The number of aromatic nitrogens is 1. The topological polar surface area (TPSA) is 70.9 Å². The fourth-order valence-corrected chi connectivity index (χ4v) is 1.32. The van der Waals surface area contributed by atoms with E-state index in [1.165, 1.54) is 0 Å². The molecule has 1 atom stereocenters. The van der Waals surface area contributed by atoms with Gasteiger partial charge in [0.05, 0.1) is 0 Å². The number of aromatic amines is 1. The number of hydrogen-bond donors (Lipinski definition) is 3. The lowest BCUT2D eigenvalue weighted by atomic mass is 10.3. The van der Waals surface area contributed by atoms with Crippen LogP contribution in [-0.2, 0) is 0 Å². The molecule has 1 amide bonds. The third-order valence-electron chi connectivity index (χ3n) is 1.48. The van der Waals surface area contributed by atoms with Crippen LogP contribution in [-0.4, -0.2) is 23.5 Å². The van der Waals surface area contributed by atoms with Crippen LogP contribution in [0.4, 0.5) is 0 Å². The molecule has 0 spiro atoms. The summed E-state index contributed by atoms with van der Waals surface area (Å²) in [6.45, 7) is 2.34. The Labute approximate surface area is 103 Å². The number of amides is 1. The lowest BCUT2D eigenvalue weighted by Crippen LogP contribution is -2.35. The van der Waals surface area contributed by atoms with Crippen molar-refractivity contribution in [1.29, 1.82) is 0 Å². The average Bonchev–Trinajstić information content (AvgIpc) is 2.47. The summed E-state index contributed by atoms with van der Waals surface area (Å²) in [5.74, 6) is -0.111. The molecule has 4 nitrogen and oxygen atoms in total. The third-order valence-corrected chi connectivity index (χ3v) is 2.10. The van der Waals surface area contributed by atoms with Gasteiger partial charge in [-0.1, -0.05) is 0 Å². The maximum atomic E-state index is 11.4. The highest BCUT2D eigenvalue weighted by Gasteiger charge is 2.07. The van der Waals surface area contributed by atoms with Crippen LogP contribution in [0.15, 0.2) is 12.3 Å². The van der Waals surface area contributed by atoms with E-state index in [9.17, 15) is 4.79 Å². The zero-order valence-corrected chi connectivity index (χ0v) is 10.7. The van der Waals surface area contributed by atoms with E-state index in [-0.39, 0.29) is 24.4 Å². The van der Waals surface area contributed by atoms with E-state index in [4.69, 9.17) is 5.73 Å². The molecule has 0 radical (unpaired) electrons. The number of rotatable bonds is 3. The van der Waals surface area contributed by atoms with E-state index in [1.54, 1.807) is 12.3 Å². The van der Waals surface area contributed by atoms with Gasteiger partial charge in [0.2, 0.25) is 0 Å². The Bertz CT molecular complexity index is 301. The molecular weight excluding hydrogens is 316 g/mol. The zero-order chi connectivity index (χ0) is 9.84. The quantitative estimate of drug-likeness (QED) is 0.727. The molecule has 1 rings (SSSR count). The van der Waals surface area contributed by atoms with Gasteiger partial charge in [0.25, 0.3) is 5.91 Å². The van der Waals surface area contributed by atoms with Gasteiger partial charge in [0.15, 0.2) is 0 Å². The van der Waals surface area contributed by atoms with E-state index in [2.05, 4.69) is 32.9 Å². The molecule has 80 valence electrons.